The number of aromatic amines is 1. The van der Waals surface area contributed by atoms with Gasteiger partial charge in [0.05, 0.1) is 0 Å². The predicted octanol–water partition coefficient (Wildman–Crippen LogP) is 3.98. The van der Waals surface area contributed by atoms with Gasteiger partial charge in [0.15, 0.2) is 0 Å². The Morgan fingerprint density at radius 3 is 1.94 bits per heavy atom. The van der Waals surface area contributed by atoms with Crippen molar-refractivity contribution in [3.63, 3.8) is 0 Å². The molecule has 0 radical (unpaired) electrons. The fourth-order valence-electron chi connectivity index (χ4n) is 2.93. The average molecular weight is 248 g/mol. The van der Waals surface area contributed by atoms with Crippen molar-refractivity contribution in [3.8, 4) is 11.5 Å². The highest BCUT2D eigenvalue weighted by molar-refractivity contribution is 6.90. The molecule has 17 heavy (non-hydrogen) atoms. The van der Waals surface area contributed by atoms with Crippen LogP contribution in [0.1, 0.15) is 47.2 Å². The van der Waals surface area contributed by atoms with Crippen LogP contribution in [0, 0.1) is 11.5 Å². The summed E-state index contributed by atoms with van der Waals surface area (Å²) in [7, 11) is -1.59. The minimum Gasteiger partial charge on any atom is -0.270 e. The molecule has 0 aromatic carbocycles. The van der Waals surface area contributed by atoms with Crippen LogP contribution < -0.4 is 0 Å². The molecule has 1 N–H and O–H groups in total. The van der Waals surface area contributed by atoms with E-state index in [1.54, 1.807) is 6.20 Å². The van der Waals surface area contributed by atoms with Gasteiger partial charge in [0.25, 0.3) is 0 Å². The molecule has 2 nitrogen and oxygen atoms in total. The van der Waals surface area contributed by atoms with E-state index in [-0.39, 0.29) is 0 Å². The summed E-state index contributed by atoms with van der Waals surface area (Å²) >= 11 is 0. The summed E-state index contributed by atoms with van der Waals surface area (Å²) in [6, 6.07) is 1.94. The van der Waals surface area contributed by atoms with Crippen LogP contribution in [0.3, 0.4) is 0 Å². The van der Waals surface area contributed by atoms with Crippen LogP contribution in [0.2, 0.25) is 16.6 Å². The van der Waals surface area contributed by atoms with Crippen LogP contribution in [-0.2, 0) is 0 Å². The van der Waals surface area contributed by atoms with E-state index in [0.29, 0.717) is 16.6 Å². The number of hydrogen-bond donors (Lipinski definition) is 1. The van der Waals surface area contributed by atoms with Gasteiger partial charge in [-0.2, -0.15) is 5.10 Å². The maximum absolute atomic E-state index is 3.95. The first kappa shape index (κ1) is 14.0. The molecule has 0 saturated carbocycles. The van der Waals surface area contributed by atoms with Crippen molar-refractivity contribution in [2.24, 2.45) is 0 Å². The molecule has 0 bridgehead atoms. The molecule has 0 aliphatic heterocycles. The first-order valence-electron chi connectivity index (χ1n) is 6.43. The van der Waals surface area contributed by atoms with Crippen LogP contribution in [0.4, 0.5) is 0 Å². The number of H-pyrrole nitrogens is 1. The summed E-state index contributed by atoms with van der Waals surface area (Å²) in [5.74, 6) is 3.30. The topological polar surface area (TPSA) is 28.7 Å². The fourth-order valence-corrected chi connectivity index (χ4v) is 8.15. The molecule has 0 amide bonds. The predicted molar refractivity (Wildman–Crippen MR) is 76.5 cm³/mol. The van der Waals surface area contributed by atoms with Crippen LogP contribution in [0.15, 0.2) is 12.3 Å². The Balaban J connectivity index is 3.15. The summed E-state index contributed by atoms with van der Waals surface area (Å²) < 4.78 is 0. The Bertz CT molecular complexity index is 372. The quantitative estimate of drug-likeness (QED) is 0.636. The zero-order valence-corrected chi connectivity index (χ0v) is 12.8. The van der Waals surface area contributed by atoms with Gasteiger partial charge in [-0.25, -0.2) is 0 Å². The zero-order valence-electron chi connectivity index (χ0n) is 11.8. The molecule has 94 valence electrons. The Morgan fingerprint density at radius 1 is 1.06 bits per heavy atom. The van der Waals surface area contributed by atoms with E-state index < -0.39 is 8.07 Å². The van der Waals surface area contributed by atoms with Crippen molar-refractivity contribution >= 4 is 8.07 Å². The Morgan fingerprint density at radius 2 is 1.59 bits per heavy atom. The SMILES string of the molecule is CC(C)[Si](C#Cc1ccn[nH]1)(C(C)C)C(C)C. The molecular formula is C14H24N2Si. The van der Waals surface area contributed by atoms with Crippen LogP contribution in [0.5, 0.6) is 0 Å². The minimum absolute atomic E-state index is 0.679. The van der Waals surface area contributed by atoms with E-state index in [2.05, 4.69) is 63.2 Å². The van der Waals surface area contributed by atoms with Crippen LogP contribution in [0.25, 0.3) is 0 Å². The minimum atomic E-state index is -1.59. The molecule has 1 heterocycles. The van der Waals surface area contributed by atoms with Crippen molar-refractivity contribution in [2.75, 3.05) is 0 Å². The highest BCUT2D eigenvalue weighted by Crippen LogP contribution is 2.40. The number of nitrogens with zero attached hydrogens (tertiary/aromatic N) is 1. The average Bonchev–Trinajstić information content (AvgIpc) is 2.69. The maximum Gasteiger partial charge on any atom is 0.146 e. The van der Waals surface area contributed by atoms with Crippen molar-refractivity contribution < 1.29 is 0 Å². The Kier molecular flexibility index (Phi) is 4.59. The van der Waals surface area contributed by atoms with E-state index in [4.69, 9.17) is 0 Å². The summed E-state index contributed by atoms with van der Waals surface area (Å²) in [6.07, 6.45) is 1.76. The molecule has 1 rings (SSSR count). The second-order valence-corrected chi connectivity index (χ2v) is 11.2. The van der Waals surface area contributed by atoms with E-state index in [1.807, 2.05) is 6.07 Å². The third-order valence-electron chi connectivity index (χ3n) is 3.78. The number of aromatic nitrogens is 2. The van der Waals surface area contributed by atoms with Gasteiger partial charge in [-0.3, -0.25) is 5.10 Å². The lowest BCUT2D eigenvalue weighted by Crippen LogP contribution is -2.43. The second kappa shape index (κ2) is 5.55. The number of hydrogen-bond acceptors (Lipinski definition) is 1. The lowest BCUT2D eigenvalue weighted by molar-refractivity contribution is 0.838. The van der Waals surface area contributed by atoms with Crippen molar-refractivity contribution in [1.82, 2.24) is 10.2 Å². The third kappa shape index (κ3) is 2.81. The first-order valence-corrected chi connectivity index (χ1v) is 8.67. The molecule has 0 atom stereocenters. The van der Waals surface area contributed by atoms with E-state index in [0.717, 1.165) is 5.69 Å². The van der Waals surface area contributed by atoms with Gasteiger partial charge in [0.2, 0.25) is 0 Å². The third-order valence-corrected chi connectivity index (χ3v) is 10.1. The Labute approximate surface area is 106 Å². The van der Waals surface area contributed by atoms with Gasteiger partial charge >= 0.3 is 0 Å². The maximum atomic E-state index is 3.95. The first-order chi connectivity index (χ1) is 7.91. The summed E-state index contributed by atoms with van der Waals surface area (Å²) in [5.41, 5.74) is 6.62. The van der Waals surface area contributed by atoms with E-state index >= 15 is 0 Å². The lowest BCUT2D eigenvalue weighted by Gasteiger charge is -2.38. The normalized spacial score (nSPS) is 12.1. The Hall–Kier alpha value is -1.01. The summed E-state index contributed by atoms with van der Waals surface area (Å²) in [6.45, 7) is 14.0. The van der Waals surface area contributed by atoms with Gasteiger partial charge in [0.1, 0.15) is 13.8 Å². The largest absolute Gasteiger partial charge is 0.270 e. The van der Waals surface area contributed by atoms with Crippen molar-refractivity contribution in [1.29, 1.82) is 0 Å². The van der Waals surface area contributed by atoms with Gasteiger partial charge in [-0.1, -0.05) is 47.5 Å². The molecule has 0 saturated heterocycles. The molecule has 0 spiro atoms. The molecule has 0 aliphatic carbocycles. The number of nitrogens with one attached hydrogen (secondary N) is 1. The molecule has 3 heteroatoms. The van der Waals surface area contributed by atoms with Gasteiger partial charge in [-0.05, 0) is 22.7 Å². The molecule has 0 aliphatic rings. The molecular weight excluding hydrogens is 224 g/mol. The standard InChI is InChI=1S/C14H24N2Si/c1-11(2)17(12(3)4,13(5)6)10-8-14-7-9-15-16-14/h7,9,11-13H,1-6H3,(H,15,16). The van der Waals surface area contributed by atoms with Crippen LogP contribution >= 0.6 is 0 Å². The molecule has 1 aromatic rings. The van der Waals surface area contributed by atoms with Crippen molar-refractivity contribution in [3.05, 3.63) is 18.0 Å². The van der Waals surface area contributed by atoms with E-state index in [9.17, 15) is 0 Å². The lowest BCUT2D eigenvalue weighted by atomic mass is 10.5. The zero-order chi connectivity index (χ0) is 13.1. The highest BCUT2D eigenvalue weighted by Gasteiger charge is 2.41. The second-order valence-electron chi connectivity index (χ2n) is 5.62. The molecule has 1 aromatic heterocycles. The smallest absolute Gasteiger partial charge is 0.146 e. The van der Waals surface area contributed by atoms with Gasteiger partial charge in [0, 0.05) is 6.20 Å². The van der Waals surface area contributed by atoms with E-state index in [1.165, 1.54) is 0 Å². The van der Waals surface area contributed by atoms with Gasteiger partial charge in [-0.15, -0.1) is 5.54 Å². The fraction of sp³-hybridized carbons (Fsp3) is 0.643. The van der Waals surface area contributed by atoms with Crippen molar-refractivity contribution in [2.45, 2.75) is 58.2 Å². The van der Waals surface area contributed by atoms with Gasteiger partial charge < -0.3 is 0 Å². The molecule has 0 fully saturated rings. The molecule has 0 unspecified atom stereocenters. The summed E-state index contributed by atoms with van der Waals surface area (Å²) in [5, 5.41) is 6.87. The number of rotatable bonds is 3. The van der Waals surface area contributed by atoms with Crippen LogP contribution in [-0.4, -0.2) is 18.3 Å². The highest BCUT2D eigenvalue weighted by atomic mass is 28.3. The monoisotopic (exact) mass is 248 g/mol. The summed E-state index contributed by atoms with van der Waals surface area (Å²) in [4.78, 5) is 0.